The summed E-state index contributed by atoms with van der Waals surface area (Å²) >= 11 is 0. The molecule has 106 valence electrons. The highest BCUT2D eigenvalue weighted by Crippen LogP contribution is 2.32. The number of carbonyl (C=O) groups is 1. The van der Waals surface area contributed by atoms with E-state index >= 15 is 0 Å². The highest BCUT2D eigenvalue weighted by molar-refractivity contribution is 5.77. The molecule has 0 saturated heterocycles. The van der Waals surface area contributed by atoms with Gasteiger partial charge in [0.2, 0.25) is 5.91 Å². The topological polar surface area (TPSA) is 64.3 Å². The third-order valence-electron chi connectivity index (χ3n) is 4.22. The summed E-state index contributed by atoms with van der Waals surface area (Å²) in [6.07, 6.45) is 4.82. The van der Waals surface area contributed by atoms with Crippen LogP contribution >= 0.6 is 0 Å². The molecular weight excluding hydrogens is 228 g/mol. The van der Waals surface area contributed by atoms with Crippen LogP contribution in [0.1, 0.15) is 52.9 Å². The summed E-state index contributed by atoms with van der Waals surface area (Å²) in [7, 11) is 0. The highest BCUT2D eigenvalue weighted by Gasteiger charge is 2.33. The fourth-order valence-corrected chi connectivity index (χ4v) is 2.59. The lowest BCUT2D eigenvalue weighted by atomic mass is 9.79. The maximum Gasteiger partial charge on any atom is 0.220 e. The largest absolute Gasteiger partial charge is 0.378 e. The smallest absolute Gasteiger partial charge is 0.220 e. The molecule has 0 heterocycles. The van der Waals surface area contributed by atoms with Crippen molar-refractivity contribution in [1.29, 1.82) is 0 Å². The molecule has 0 unspecified atom stereocenters. The van der Waals surface area contributed by atoms with Crippen LogP contribution in [-0.4, -0.2) is 30.7 Å². The summed E-state index contributed by atoms with van der Waals surface area (Å²) in [5, 5.41) is 3.12. The Balaban J connectivity index is 2.30. The van der Waals surface area contributed by atoms with Crippen LogP contribution in [0.2, 0.25) is 0 Å². The van der Waals surface area contributed by atoms with E-state index < -0.39 is 0 Å². The maximum atomic E-state index is 12.0. The molecule has 1 fully saturated rings. The van der Waals surface area contributed by atoms with Crippen LogP contribution < -0.4 is 11.1 Å². The zero-order chi connectivity index (χ0) is 13.6. The first kappa shape index (κ1) is 15.4. The second kappa shape index (κ2) is 7.10. The Kier molecular flexibility index (Phi) is 6.09. The van der Waals surface area contributed by atoms with Gasteiger partial charge >= 0.3 is 0 Å². The minimum absolute atomic E-state index is 0.143. The predicted molar refractivity (Wildman–Crippen MR) is 73.3 cm³/mol. The van der Waals surface area contributed by atoms with E-state index in [1.807, 2.05) is 6.92 Å². The lowest BCUT2D eigenvalue weighted by Gasteiger charge is -2.36. The zero-order valence-corrected chi connectivity index (χ0v) is 12.0. The summed E-state index contributed by atoms with van der Waals surface area (Å²) in [6.45, 7) is 7.44. The molecule has 1 rings (SSSR count). The summed E-state index contributed by atoms with van der Waals surface area (Å²) in [5.74, 6) is 0.634. The van der Waals surface area contributed by atoms with Crippen LogP contribution in [0.15, 0.2) is 0 Å². The lowest BCUT2D eigenvalue weighted by molar-refractivity contribution is -0.126. The third-order valence-corrected chi connectivity index (χ3v) is 4.22. The summed E-state index contributed by atoms with van der Waals surface area (Å²) in [6, 6.07) is 0. The standard InChI is InChI=1S/C14H28N2O2/c1-4-14(5-2,10-15)16-13(17)9-11-7-12(8-11)18-6-3/h11-12H,4-10,15H2,1-3H3,(H,16,17). The second-order valence-electron chi connectivity index (χ2n) is 5.36. The van der Waals surface area contributed by atoms with Crippen molar-refractivity contribution in [2.24, 2.45) is 11.7 Å². The Hall–Kier alpha value is -0.610. The molecular formula is C14H28N2O2. The van der Waals surface area contributed by atoms with E-state index in [9.17, 15) is 4.79 Å². The molecule has 0 aromatic carbocycles. The minimum atomic E-state index is -0.208. The summed E-state index contributed by atoms with van der Waals surface area (Å²) in [4.78, 5) is 12.0. The van der Waals surface area contributed by atoms with Gasteiger partial charge in [-0.15, -0.1) is 0 Å². The van der Waals surface area contributed by atoms with Crippen molar-refractivity contribution in [2.75, 3.05) is 13.2 Å². The third kappa shape index (κ3) is 3.95. The van der Waals surface area contributed by atoms with E-state index in [0.29, 0.717) is 25.0 Å². The van der Waals surface area contributed by atoms with Gasteiger partial charge in [-0.05, 0) is 38.5 Å². The molecule has 1 saturated carbocycles. The Morgan fingerprint density at radius 3 is 2.39 bits per heavy atom. The normalized spacial score (nSPS) is 23.6. The number of hydrogen-bond acceptors (Lipinski definition) is 3. The molecule has 0 bridgehead atoms. The quantitative estimate of drug-likeness (QED) is 0.696. The van der Waals surface area contributed by atoms with Gasteiger partial charge in [0, 0.05) is 19.6 Å². The van der Waals surface area contributed by atoms with E-state index in [1.54, 1.807) is 0 Å². The molecule has 0 aliphatic heterocycles. The molecule has 1 aliphatic carbocycles. The van der Waals surface area contributed by atoms with Crippen molar-refractivity contribution < 1.29 is 9.53 Å². The number of hydrogen-bond donors (Lipinski definition) is 2. The predicted octanol–water partition coefficient (Wildman–Crippen LogP) is 1.83. The molecule has 0 atom stereocenters. The fraction of sp³-hybridized carbons (Fsp3) is 0.929. The van der Waals surface area contributed by atoms with Gasteiger partial charge in [-0.25, -0.2) is 0 Å². The molecule has 4 heteroatoms. The van der Waals surface area contributed by atoms with Crippen LogP contribution in [0.25, 0.3) is 0 Å². The molecule has 1 amide bonds. The Morgan fingerprint density at radius 1 is 1.33 bits per heavy atom. The molecule has 1 aliphatic rings. The number of nitrogens with one attached hydrogen (secondary N) is 1. The first-order valence-electron chi connectivity index (χ1n) is 7.21. The Morgan fingerprint density at radius 2 is 1.94 bits per heavy atom. The SMILES string of the molecule is CCOC1CC(CC(=O)NC(CC)(CC)CN)C1. The first-order chi connectivity index (χ1) is 8.59. The van der Waals surface area contributed by atoms with E-state index in [1.165, 1.54) is 0 Å². The number of carbonyl (C=O) groups excluding carboxylic acids is 1. The molecule has 0 spiro atoms. The van der Waals surface area contributed by atoms with E-state index in [4.69, 9.17) is 10.5 Å². The minimum Gasteiger partial charge on any atom is -0.378 e. The van der Waals surface area contributed by atoms with Gasteiger partial charge in [0.1, 0.15) is 0 Å². The molecule has 0 aromatic rings. The lowest BCUT2D eigenvalue weighted by Crippen LogP contribution is -2.53. The number of ether oxygens (including phenoxy) is 1. The monoisotopic (exact) mass is 256 g/mol. The summed E-state index contributed by atoms with van der Waals surface area (Å²) < 4.78 is 5.50. The second-order valence-corrected chi connectivity index (χ2v) is 5.36. The molecule has 4 nitrogen and oxygen atoms in total. The van der Waals surface area contributed by atoms with Crippen LogP contribution in [0.5, 0.6) is 0 Å². The highest BCUT2D eigenvalue weighted by atomic mass is 16.5. The average molecular weight is 256 g/mol. The van der Waals surface area contributed by atoms with Crippen molar-refractivity contribution in [3.05, 3.63) is 0 Å². The fourth-order valence-electron chi connectivity index (χ4n) is 2.59. The number of rotatable bonds is 8. The molecule has 0 aromatic heterocycles. The van der Waals surface area contributed by atoms with Crippen LogP contribution in [0.4, 0.5) is 0 Å². The van der Waals surface area contributed by atoms with E-state index in [2.05, 4.69) is 19.2 Å². The first-order valence-corrected chi connectivity index (χ1v) is 7.21. The Bertz CT molecular complexity index is 250. The van der Waals surface area contributed by atoms with Gasteiger partial charge in [-0.2, -0.15) is 0 Å². The maximum absolute atomic E-state index is 12.0. The van der Waals surface area contributed by atoms with Crippen LogP contribution in [-0.2, 0) is 9.53 Å². The van der Waals surface area contributed by atoms with Gasteiger partial charge in [-0.3, -0.25) is 4.79 Å². The summed E-state index contributed by atoms with van der Waals surface area (Å²) in [5.41, 5.74) is 5.57. The van der Waals surface area contributed by atoms with Gasteiger partial charge in [0.05, 0.1) is 11.6 Å². The van der Waals surface area contributed by atoms with Gasteiger partial charge in [-0.1, -0.05) is 13.8 Å². The Labute approximate surface area is 111 Å². The number of amides is 1. The zero-order valence-electron chi connectivity index (χ0n) is 12.0. The van der Waals surface area contributed by atoms with E-state index in [-0.39, 0.29) is 11.4 Å². The molecule has 18 heavy (non-hydrogen) atoms. The van der Waals surface area contributed by atoms with Gasteiger partial charge in [0.25, 0.3) is 0 Å². The van der Waals surface area contributed by atoms with Crippen molar-refractivity contribution in [2.45, 2.75) is 64.5 Å². The van der Waals surface area contributed by atoms with Crippen molar-refractivity contribution in [3.63, 3.8) is 0 Å². The number of nitrogens with two attached hydrogens (primary N) is 1. The van der Waals surface area contributed by atoms with Crippen molar-refractivity contribution in [3.8, 4) is 0 Å². The van der Waals surface area contributed by atoms with Gasteiger partial charge in [0.15, 0.2) is 0 Å². The molecule has 0 radical (unpaired) electrons. The van der Waals surface area contributed by atoms with Crippen LogP contribution in [0.3, 0.4) is 0 Å². The van der Waals surface area contributed by atoms with Gasteiger partial charge < -0.3 is 15.8 Å². The van der Waals surface area contributed by atoms with Crippen molar-refractivity contribution in [1.82, 2.24) is 5.32 Å². The molecule has 3 N–H and O–H groups in total. The van der Waals surface area contributed by atoms with Crippen molar-refractivity contribution >= 4 is 5.91 Å². The van der Waals surface area contributed by atoms with Crippen LogP contribution in [0, 0.1) is 5.92 Å². The average Bonchev–Trinajstić information content (AvgIpc) is 2.34. The van der Waals surface area contributed by atoms with E-state index in [0.717, 1.165) is 32.3 Å².